The number of methoxy groups -OCH3 is 1. The average molecular weight is 333 g/mol. The standard InChI is InChI=1S/C19H15N3O3/c1-25-19(24)14-8-10-21-17(12-14)16-11-13(7-9-20-16)18(23)22-15-5-3-2-4-6-15/h2-12H,1H3,(H,22,23). The van der Waals surface area contributed by atoms with Crippen LogP contribution >= 0.6 is 0 Å². The topological polar surface area (TPSA) is 81.2 Å². The number of ether oxygens (including phenoxy) is 1. The highest BCUT2D eigenvalue weighted by molar-refractivity contribution is 6.04. The summed E-state index contributed by atoms with van der Waals surface area (Å²) in [5.74, 6) is -0.708. The predicted molar refractivity (Wildman–Crippen MR) is 93.2 cm³/mol. The van der Waals surface area contributed by atoms with E-state index < -0.39 is 5.97 Å². The Labute approximate surface area is 144 Å². The quantitative estimate of drug-likeness (QED) is 0.742. The first-order valence-electron chi connectivity index (χ1n) is 7.54. The van der Waals surface area contributed by atoms with Crippen LogP contribution in [0.1, 0.15) is 20.7 Å². The second kappa shape index (κ2) is 7.35. The molecule has 1 N–H and O–H groups in total. The highest BCUT2D eigenvalue weighted by Crippen LogP contribution is 2.18. The zero-order chi connectivity index (χ0) is 17.6. The van der Waals surface area contributed by atoms with Gasteiger partial charge in [-0.05, 0) is 36.4 Å². The summed E-state index contributed by atoms with van der Waals surface area (Å²) in [6, 6.07) is 15.6. The number of nitrogens with zero attached hydrogens (tertiary/aromatic N) is 2. The van der Waals surface area contributed by atoms with Crippen LogP contribution in [0.15, 0.2) is 67.0 Å². The van der Waals surface area contributed by atoms with Gasteiger partial charge in [-0.1, -0.05) is 18.2 Å². The monoisotopic (exact) mass is 333 g/mol. The number of benzene rings is 1. The number of hydrogen-bond acceptors (Lipinski definition) is 5. The molecule has 1 aromatic carbocycles. The second-order valence-electron chi connectivity index (χ2n) is 5.17. The third-order valence-corrected chi connectivity index (χ3v) is 3.50. The van der Waals surface area contributed by atoms with Crippen molar-refractivity contribution in [3.8, 4) is 11.4 Å². The van der Waals surface area contributed by atoms with Gasteiger partial charge >= 0.3 is 5.97 Å². The van der Waals surface area contributed by atoms with E-state index in [1.54, 1.807) is 36.4 Å². The van der Waals surface area contributed by atoms with E-state index in [4.69, 9.17) is 4.74 Å². The van der Waals surface area contributed by atoms with E-state index in [1.807, 2.05) is 18.2 Å². The fraction of sp³-hybridized carbons (Fsp3) is 0.0526. The van der Waals surface area contributed by atoms with E-state index in [1.165, 1.54) is 19.5 Å². The van der Waals surface area contributed by atoms with Gasteiger partial charge in [0.05, 0.1) is 24.1 Å². The maximum Gasteiger partial charge on any atom is 0.337 e. The SMILES string of the molecule is COC(=O)c1ccnc(-c2cc(C(=O)Nc3ccccc3)ccn2)c1. The van der Waals surface area contributed by atoms with Crippen LogP contribution in [-0.4, -0.2) is 29.0 Å². The van der Waals surface area contributed by atoms with Gasteiger partial charge in [-0.25, -0.2) is 4.79 Å². The molecule has 2 aromatic heterocycles. The minimum atomic E-state index is -0.457. The van der Waals surface area contributed by atoms with Gasteiger partial charge in [-0.15, -0.1) is 0 Å². The van der Waals surface area contributed by atoms with Crippen molar-refractivity contribution in [3.05, 3.63) is 78.1 Å². The van der Waals surface area contributed by atoms with E-state index in [9.17, 15) is 9.59 Å². The van der Waals surface area contributed by atoms with Crippen LogP contribution in [0.2, 0.25) is 0 Å². The molecule has 2 heterocycles. The number of carbonyl (C=O) groups is 2. The fourth-order valence-electron chi connectivity index (χ4n) is 2.25. The fourth-order valence-corrected chi connectivity index (χ4v) is 2.25. The predicted octanol–water partition coefficient (Wildman–Crippen LogP) is 3.18. The summed E-state index contributed by atoms with van der Waals surface area (Å²) in [6.45, 7) is 0. The first-order valence-corrected chi connectivity index (χ1v) is 7.54. The lowest BCUT2D eigenvalue weighted by atomic mass is 10.1. The normalized spacial score (nSPS) is 10.1. The van der Waals surface area contributed by atoms with Gasteiger partial charge in [0, 0.05) is 23.6 Å². The number of rotatable bonds is 4. The van der Waals surface area contributed by atoms with E-state index in [2.05, 4.69) is 15.3 Å². The molecule has 0 saturated carbocycles. The molecule has 3 rings (SSSR count). The third kappa shape index (κ3) is 3.87. The van der Waals surface area contributed by atoms with Crippen molar-refractivity contribution in [1.29, 1.82) is 0 Å². The van der Waals surface area contributed by atoms with Crippen LogP contribution in [0, 0.1) is 0 Å². The minimum Gasteiger partial charge on any atom is -0.465 e. The Morgan fingerprint density at radius 3 is 2.12 bits per heavy atom. The highest BCUT2D eigenvalue weighted by Gasteiger charge is 2.11. The molecule has 0 fully saturated rings. The Balaban J connectivity index is 1.87. The van der Waals surface area contributed by atoms with E-state index in [0.29, 0.717) is 28.2 Å². The second-order valence-corrected chi connectivity index (χ2v) is 5.17. The van der Waals surface area contributed by atoms with Gasteiger partial charge in [0.1, 0.15) is 0 Å². The molecule has 1 amide bonds. The molecule has 0 atom stereocenters. The molecular weight excluding hydrogens is 318 g/mol. The van der Waals surface area contributed by atoms with E-state index in [-0.39, 0.29) is 5.91 Å². The molecule has 0 unspecified atom stereocenters. The van der Waals surface area contributed by atoms with Crippen LogP contribution in [0.3, 0.4) is 0 Å². The molecule has 0 saturated heterocycles. The van der Waals surface area contributed by atoms with Gasteiger partial charge < -0.3 is 10.1 Å². The average Bonchev–Trinajstić information content (AvgIpc) is 2.68. The van der Waals surface area contributed by atoms with Gasteiger partial charge in [0.25, 0.3) is 5.91 Å². The summed E-state index contributed by atoms with van der Waals surface area (Å²) in [4.78, 5) is 32.5. The molecule has 25 heavy (non-hydrogen) atoms. The number of pyridine rings is 2. The Bertz CT molecular complexity index is 911. The largest absolute Gasteiger partial charge is 0.465 e. The summed E-state index contributed by atoms with van der Waals surface area (Å²) in [7, 11) is 1.31. The van der Waals surface area contributed by atoms with Crippen molar-refractivity contribution in [2.75, 3.05) is 12.4 Å². The highest BCUT2D eigenvalue weighted by atomic mass is 16.5. The van der Waals surface area contributed by atoms with Crippen LogP contribution in [0.4, 0.5) is 5.69 Å². The molecule has 6 heteroatoms. The van der Waals surface area contributed by atoms with Crippen molar-refractivity contribution in [2.45, 2.75) is 0 Å². The first kappa shape index (κ1) is 16.3. The summed E-state index contributed by atoms with van der Waals surface area (Å²) in [5.41, 5.74) is 2.49. The summed E-state index contributed by atoms with van der Waals surface area (Å²) >= 11 is 0. The smallest absolute Gasteiger partial charge is 0.337 e. The van der Waals surface area contributed by atoms with Gasteiger partial charge in [0.2, 0.25) is 0 Å². The maximum atomic E-state index is 12.4. The molecule has 6 nitrogen and oxygen atoms in total. The zero-order valence-electron chi connectivity index (χ0n) is 13.5. The zero-order valence-corrected chi connectivity index (χ0v) is 13.5. The number of amides is 1. The Hall–Kier alpha value is -3.54. The minimum absolute atomic E-state index is 0.251. The molecule has 0 aliphatic rings. The first-order chi connectivity index (χ1) is 12.2. The van der Waals surface area contributed by atoms with Crippen LogP contribution in [0.5, 0.6) is 0 Å². The molecule has 0 radical (unpaired) electrons. The van der Waals surface area contributed by atoms with Crippen molar-refractivity contribution < 1.29 is 14.3 Å². The number of esters is 1. The molecule has 124 valence electrons. The van der Waals surface area contributed by atoms with Crippen LogP contribution in [0.25, 0.3) is 11.4 Å². The van der Waals surface area contributed by atoms with Gasteiger partial charge in [-0.2, -0.15) is 0 Å². The molecule has 0 aliphatic carbocycles. The van der Waals surface area contributed by atoms with Gasteiger partial charge in [0.15, 0.2) is 0 Å². The van der Waals surface area contributed by atoms with E-state index in [0.717, 1.165) is 0 Å². The maximum absolute atomic E-state index is 12.4. The lowest BCUT2D eigenvalue weighted by Gasteiger charge is -2.07. The van der Waals surface area contributed by atoms with Crippen LogP contribution < -0.4 is 5.32 Å². The number of carbonyl (C=O) groups excluding carboxylic acids is 2. The van der Waals surface area contributed by atoms with Crippen molar-refractivity contribution in [2.24, 2.45) is 0 Å². The molecule has 0 spiro atoms. The lowest BCUT2D eigenvalue weighted by molar-refractivity contribution is 0.0600. The molecular formula is C19H15N3O3. The van der Waals surface area contributed by atoms with Gasteiger partial charge in [-0.3, -0.25) is 14.8 Å². The number of nitrogens with one attached hydrogen (secondary N) is 1. The Morgan fingerprint density at radius 2 is 1.48 bits per heavy atom. The van der Waals surface area contributed by atoms with Crippen molar-refractivity contribution >= 4 is 17.6 Å². The molecule has 0 aliphatic heterocycles. The Morgan fingerprint density at radius 1 is 0.880 bits per heavy atom. The third-order valence-electron chi connectivity index (χ3n) is 3.50. The summed E-state index contributed by atoms with van der Waals surface area (Å²) in [6.07, 6.45) is 3.03. The van der Waals surface area contributed by atoms with Crippen LogP contribution in [-0.2, 0) is 4.74 Å². The molecule has 3 aromatic rings. The number of aromatic nitrogens is 2. The lowest BCUT2D eigenvalue weighted by Crippen LogP contribution is -2.12. The number of hydrogen-bond donors (Lipinski definition) is 1. The molecule has 0 bridgehead atoms. The summed E-state index contributed by atoms with van der Waals surface area (Å²) < 4.78 is 4.70. The number of anilines is 1. The van der Waals surface area contributed by atoms with Crippen molar-refractivity contribution in [1.82, 2.24) is 9.97 Å². The van der Waals surface area contributed by atoms with Crippen molar-refractivity contribution in [3.63, 3.8) is 0 Å². The summed E-state index contributed by atoms with van der Waals surface area (Å²) in [5, 5.41) is 2.81. The van der Waals surface area contributed by atoms with E-state index >= 15 is 0 Å². The Kier molecular flexibility index (Phi) is 4.80. The number of para-hydroxylation sites is 1.